The van der Waals surface area contributed by atoms with E-state index in [2.05, 4.69) is 24.4 Å². The van der Waals surface area contributed by atoms with E-state index in [1.165, 1.54) is 24.9 Å². The van der Waals surface area contributed by atoms with Crippen LogP contribution in [0, 0.1) is 0 Å². The molecule has 1 aromatic carbocycles. The van der Waals surface area contributed by atoms with Crippen LogP contribution in [0.15, 0.2) is 28.8 Å². The molecule has 0 saturated heterocycles. The molecule has 78 valence electrons. The summed E-state index contributed by atoms with van der Waals surface area (Å²) in [6, 6.07) is 6.21. The first kappa shape index (κ1) is 10.3. The van der Waals surface area contributed by atoms with Gasteiger partial charge in [0.15, 0.2) is 0 Å². The van der Waals surface area contributed by atoms with Crippen molar-refractivity contribution < 1.29 is 4.42 Å². The zero-order valence-electron chi connectivity index (χ0n) is 9.12. The molecule has 3 heteroatoms. The Kier molecular flexibility index (Phi) is 3.43. The Labute approximate surface area is 90.9 Å². The number of fused-ring (bicyclic) bond motifs is 1. The van der Waals surface area contributed by atoms with Gasteiger partial charge in [-0.1, -0.05) is 0 Å². The maximum atomic E-state index is 5.29. The fourth-order valence-electron chi connectivity index (χ4n) is 1.68. The molecule has 0 radical (unpaired) electrons. The Morgan fingerprint density at radius 2 is 2.27 bits per heavy atom. The molecule has 0 aliphatic carbocycles. The second kappa shape index (κ2) is 5.01. The minimum absolute atomic E-state index is 0.953. The molecule has 0 aliphatic rings. The van der Waals surface area contributed by atoms with Crippen molar-refractivity contribution in [2.45, 2.75) is 26.2 Å². The molecule has 2 nitrogen and oxygen atoms in total. The van der Waals surface area contributed by atoms with Crippen LogP contribution in [0.2, 0.25) is 0 Å². The third-order valence-corrected chi connectivity index (χ3v) is 2.56. The Morgan fingerprint density at radius 3 is 3.13 bits per heavy atom. The number of nitrogens with one attached hydrogen (secondary N) is 1. The zero-order valence-corrected chi connectivity index (χ0v) is 9.12. The van der Waals surface area contributed by atoms with Gasteiger partial charge in [-0.2, -0.15) is 0 Å². The molecule has 0 spiro atoms. The van der Waals surface area contributed by atoms with Crippen molar-refractivity contribution >= 4 is 23.5 Å². The number of unbranched alkanes of at least 4 members (excludes halogenated alkanes) is 2. The van der Waals surface area contributed by atoms with Gasteiger partial charge in [0.05, 0.1) is 0 Å². The van der Waals surface area contributed by atoms with Crippen molar-refractivity contribution in [3.63, 3.8) is 0 Å². The topological polar surface area (TPSA) is 25.2 Å². The van der Waals surface area contributed by atoms with Crippen molar-refractivity contribution in [3.8, 4) is 0 Å². The number of hydrogen-bond acceptors (Lipinski definition) is 2. The van der Waals surface area contributed by atoms with Gasteiger partial charge in [0.25, 0.3) is 0 Å². The van der Waals surface area contributed by atoms with Crippen LogP contribution in [-0.4, -0.2) is 13.5 Å². The molecule has 1 heterocycles. The molecule has 0 aliphatic heterocycles. The van der Waals surface area contributed by atoms with Crippen LogP contribution in [0.3, 0.4) is 0 Å². The summed E-state index contributed by atoms with van der Waals surface area (Å²) in [5.41, 5.74) is 2.13. The first-order valence-corrected chi connectivity index (χ1v) is 5.61. The molecule has 2 aromatic rings. The summed E-state index contributed by atoms with van der Waals surface area (Å²) in [5.74, 6) is 0. The molecular formula is C12H16BNO. The van der Waals surface area contributed by atoms with Gasteiger partial charge in [0.2, 0.25) is 0 Å². The van der Waals surface area contributed by atoms with Crippen LogP contribution >= 0.6 is 0 Å². The van der Waals surface area contributed by atoms with Crippen LogP contribution in [0.5, 0.6) is 0 Å². The van der Waals surface area contributed by atoms with E-state index in [0.717, 1.165) is 17.4 Å². The first-order valence-electron chi connectivity index (χ1n) is 5.61. The molecule has 0 unspecified atom stereocenters. The van der Waals surface area contributed by atoms with E-state index >= 15 is 0 Å². The Hall–Kier alpha value is -1.25. The van der Waals surface area contributed by atoms with E-state index in [1.807, 2.05) is 13.0 Å². The molecule has 0 fully saturated rings. The monoisotopic (exact) mass is 201 g/mol. The normalized spacial score (nSPS) is 10.5. The molecule has 2 rings (SSSR count). The van der Waals surface area contributed by atoms with Crippen LogP contribution in [0.4, 0.5) is 5.69 Å². The quantitative estimate of drug-likeness (QED) is 0.750. The van der Waals surface area contributed by atoms with Gasteiger partial charge < -0.3 is 0 Å². The molecule has 1 N–H and O–H groups in total. The summed E-state index contributed by atoms with van der Waals surface area (Å²) in [4.78, 5) is 0. The predicted molar refractivity (Wildman–Crippen MR) is 65.6 cm³/mol. The number of anilines is 1. The average molecular weight is 201 g/mol. The van der Waals surface area contributed by atoms with Gasteiger partial charge in [0.1, 0.15) is 0 Å². The number of benzene rings is 1. The summed E-state index contributed by atoms with van der Waals surface area (Å²) in [6.45, 7) is 5.27. The van der Waals surface area contributed by atoms with Gasteiger partial charge in [-0.3, -0.25) is 0 Å². The molecule has 0 saturated carbocycles. The second-order valence-corrected chi connectivity index (χ2v) is 3.81. The molecular weight excluding hydrogens is 185 g/mol. The number of rotatable bonds is 5. The summed E-state index contributed by atoms with van der Waals surface area (Å²) >= 11 is 0. The molecule has 0 atom stereocenters. The summed E-state index contributed by atoms with van der Waals surface area (Å²) in [5, 5.41) is 4.58. The third kappa shape index (κ3) is 2.61. The predicted octanol–water partition coefficient (Wildman–Crippen LogP) is 3.37. The van der Waals surface area contributed by atoms with Gasteiger partial charge in [-0.15, -0.1) is 0 Å². The van der Waals surface area contributed by atoms with Gasteiger partial charge in [-0.25, -0.2) is 0 Å². The van der Waals surface area contributed by atoms with Crippen molar-refractivity contribution in [1.82, 2.24) is 0 Å². The van der Waals surface area contributed by atoms with Gasteiger partial charge >= 0.3 is 90.3 Å². The van der Waals surface area contributed by atoms with Crippen LogP contribution in [0.1, 0.15) is 26.2 Å². The van der Waals surface area contributed by atoms with Crippen LogP contribution in [-0.2, 0) is 0 Å². The van der Waals surface area contributed by atoms with E-state index in [4.69, 9.17) is 4.42 Å². The van der Waals surface area contributed by atoms with Crippen LogP contribution in [0.25, 0.3) is 10.9 Å². The molecule has 0 bridgehead atoms. The summed E-state index contributed by atoms with van der Waals surface area (Å²) in [6.07, 6.45) is 5.52. The fraction of sp³-hybridized carbons (Fsp3) is 0.417. The van der Waals surface area contributed by atoms with Gasteiger partial charge in [-0.05, 0) is 0 Å². The summed E-state index contributed by atoms with van der Waals surface area (Å²) in [7, 11) is 0. The van der Waals surface area contributed by atoms with Crippen molar-refractivity contribution in [1.29, 1.82) is 0 Å². The van der Waals surface area contributed by atoms with E-state index in [1.54, 1.807) is 6.16 Å². The fourth-order valence-corrected chi connectivity index (χ4v) is 1.68. The van der Waals surface area contributed by atoms with E-state index < -0.39 is 0 Å². The molecule has 15 heavy (non-hydrogen) atoms. The van der Waals surface area contributed by atoms with Crippen molar-refractivity contribution in [2.24, 2.45) is 0 Å². The van der Waals surface area contributed by atoms with E-state index in [0.29, 0.717) is 0 Å². The van der Waals surface area contributed by atoms with Crippen LogP contribution < -0.4 is 5.32 Å². The van der Waals surface area contributed by atoms with Gasteiger partial charge in [0, 0.05) is 0 Å². The maximum absolute atomic E-state index is 5.29. The Morgan fingerprint density at radius 1 is 1.33 bits per heavy atom. The van der Waals surface area contributed by atoms with Crippen molar-refractivity contribution in [2.75, 3.05) is 11.9 Å². The standard InChI is InChI=1S/C12H16BNO/c1-2-3-4-7-14-10-5-6-12-11(8-10)13-9-15-12/h5-6,8-9,14H,2-4,7H2,1H3. The van der Waals surface area contributed by atoms with E-state index in [-0.39, 0.29) is 0 Å². The SMILES string of the molecule is CCCCCNc1ccc2ocbc2c1. The Bertz CT molecular complexity index is 424. The average Bonchev–Trinajstić information content (AvgIpc) is 2.71. The third-order valence-electron chi connectivity index (χ3n) is 2.56. The number of hydrogen-bond donors (Lipinski definition) is 1. The van der Waals surface area contributed by atoms with E-state index in [9.17, 15) is 0 Å². The zero-order chi connectivity index (χ0) is 10.5. The summed E-state index contributed by atoms with van der Waals surface area (Å²) < 4.78 is 5.29. The second-order valence-electron chi connectivity index (χ2n) is 3.81. The molecule has 1 aromatic heterocycles. The minimum atomic E-state index is 0.953. The van der Waals surface area contributed by atoms with Crippen molar-refractivity contribution in [3.05, 3.63) is 24.4 Å². The Balaban J connectivity index is 1.96. The first-order chi connectivity index (χ1) is 7.40. The molecule has 0 amide bonds.